The minimum atomic E-state index is -0.921. The fourth-order valence-electron chi connectivity index (χ4n) is 3.65. The van der Waals surface area contributed by atoms with Crippen LogP contribution < -0.4 is 4.90 Å². The Labute approximate surface area is 183 Å². The highest BCUT2D eigenvalue weighted by molar-refractivity contribution is 6.51. The van der Waals surface area contributed by atoms with Crippen LogP contribution in [0.4, 0.5) is 10.1 Å². The summed E-state index contributed by atoms with van der Waals surface area (Å²) in [7, 11) is 0. The van der Waals surface area contributed by atoms with Crippen LogP contribution in [0.15, 0.2) is 72.6 Å². The SMILES string of the molecule is CCc1ccc(/C(O)=C2\C(=O)C(=O)N(c3ccc(F)c(Cl)c3)C2c2ccncc2)cc1. The third-order valence-corrected chi connectivity index (χ3v) is 5.57. The van der Waals surface area contributed by atoms with Crippen LogP contribution in [0.1, 0.15) is 29.7 Å². The molecular formula is C24H18ClFN2O3. The molecule has 4 rings (SSSR count). The summed E-state index contributed by atoms with van der Waals surface area (Å²) in [6.07, 6.45) is 3.89. The first-order valence-electron chi connectivity index (χ1n) is 9.67. The summed E-state index contributed by atoms with van der Waals surface area (Å²) in [4.78, 5) is 31.2. The van der Waals surface area contributed by atoms with Gasteiger partial charge in [-0.25, -0.2) is 4.39 Å². The number of carbonyl (C=O) groups is 2. The van der Waals surface area contributed by atoms with Crippen molar-refractivity contribution in [2.75, 3.05) is 4.90 Å². The van der Waals surface area contributed by atoms with E-state index in [1.165, 1.54) is 29.4 Å². The largest absolute Gasteiger partial charge is 0.507 e. The number of hydrogen-bond acceptors (Lipinski definition) is 4. The standard InChI is InChI=1S/C24H18ClFN2O3/c1-2-14-3-5-16(6-4-14)22(29)20-21(15-9-11-27-12-10-15)28(24(31)23(20)30)17-7-8-19(26)18(25)13-17/h3-13,21,29H,2H2,1H3/b22-20+. The lowest BCUT2D eigenvalue weighted by Crippen LogP contribution is -2.29. The van der Waals surface area contributed by atoms with Crippen LogP contribution >= 0.6 is 11.6 Å². The lowest BCUT2D eigenvalue weighted by atomic mass is 9.95. The van der Waals surface area contributed by atoms with Crippen LogP contribution in [-0.4, -0.2) is 21.8 Å². The van der Waals surface area contributed by atoms with E-state index in [2.05, 4.69) is 4.98 Å². The van der Waals surface area contributed by atoms with Crippen molar-refractivity contribution in [1.82, 2.24) is 4.98 Å². The molecular weight excluding hydrogens is 419 g/mol. The summed E-state index contributed by atoms with van der Waals surface area (Å²) >= 11 is 5.92. The highest BCUT2D eigenvalue weighted by Gasteiger charge is 2.47. The van der Waals surface area contributed by atoms with Gasteiger partial charge in [-0.1, -0.05) is 42.8 Å². The molecule has 1 amide bonds. The smallest absolute Gasteiger partial charge is 0.300 e. The molecule has 1 aliphatic heterocycles. The number of Topliss-reactive ketones (excluding diaryl/α,β-unsaturated/α-hetero) is 1. The van der Waals surface area contributed by atoms with E-state index >= 15 is 0 Å². The Morgan fingerprint density at radius 2 is 1.77 bits per heavy atom. The topological polar surface area (TPSA) is 70.5 Å². The molecule has 5 nitrogen and oxygen atoms in total. The monoisotopic (exact) mass is 436 g/mol. The third-order valence-electron chi connectivity index (χ3n) is 5.28. The second-order valence-corrected chi connectivity index (χ2v) is 7.51. The third kappa shape index (κ3) is 3.70. The maximum atomic E-state index is 13.7. The summed E-state index contributed by atoms with van der Waals surface area (Å²) in [6, 6.07) is 13.3. The molecule has 1 aliphatic rings. The van der Waals surface area contributed by atoms with Gasteiger partial charge in [0.05, 0.1) is 16.6 Å². The number of nitrogens with zero attached hydrogens (tertiary/aromatic N) is 2. The minimum absolute atomic E-state index is 0.0547. The first-order chi connectivity index (χ1) is 14.9. The molecule has 2 aromatic carbocycles. The molecule has 7 heteroatoms. The van der Waals surface area contributed by atoms with E-state index in [9.17, 15) is 19.1 Å². The lowest BCUT2D eigenvalue weighted by Gasteiger charge is -2.25. The van der Waals surface area contributed by atoms with E-state index in [1.807, 2.05) is 19.1 Å². The Hall–Kier alpha value is -3.51. The van der Waals surface area contributed by atoms with Crippen LogP contribution in [0.2, 0.25) is 5.02 Å². The summed E-state index contributed by atoms with van der Waals surface area (Å²) in [6.45, 7) is 2.01. The van der Waals surface area contributed by atoms with E-state index < -0.39 is 23.5 Å². The average molecular weight is 437 g/mol. The van der Waals surface area contributed by atoms with Gasteiger partial charge >= 0.3 is 0 Å². The number of rotatable bonds is 4. The van der Waals surface area contributed by atoms with Crippen LogP contribution in [-0.2, 0) is 16.0 Å². The number of carbonyl (C=O) groups excluding carboxylic acids is 2. The maximum Gasteiger partial charge on any atom is 0.300 e. The number of aryl methyl sites for hydroxylation is 1. The molecule has 0 spiro atoms. The molecule has 3 aromatic rings. The molecule has 1 atom stereocenters. The number of benzene rings is 2. The predicted molar refractivity (Wildman–Crippen MR) is 116 cm³/mol. The summed E-state index contributed by atoms with van der Waals surface area (Å²) in [5.74, 6) is -2.59. The van der Waals surface area contributed by atoms with Gasteiger partial charge in [0.15, 0.2) is 0 Å². The first kappa shape index (κ1) is 20.8. The fourth-order valence-corrected chi connectivity index (χ4v) is 3.82. The summed E-state index contributed by atoms with van der Waals surface area (Å²) in [5.41, 5.74) is 2.26. The number of amides is 1. The zero-order valence-electron chi connectivity index (χ0n) is 16.5. The summed E-state index contributed by atoms with van der Waals surface area (Å²) < 4.78 is 13.7. The van der Waals surface area contributed by atoms with Crippen LogP contribution in [0, 0.1) is 5.82 Å². The highest BCUT2D eigenvalue weighted by Crippen LogP contribution is 2.42. The van der Waals surface area contributed by atoms with Crippen molar-refractivity contribution in [3.8, 4) is 0 Å². The molecule has 1 unspecified atom stereocenters. The van der Waals surface area contributed by atoms with Gasteiger partial charge in [-0.3, -0.25) is 19.5 Å². The Morgan fingerprint density at radius 3 is 2.39 bits per heavy atom. The molecule has 156 valence electrons. The van der Waals surface area contributed by atoms with E-state index in [0.29, 0.717) is 11.1 Å². The number of anilines is 1. The Balaban J connectivity index is 1.92. The second kappa shape index (κ2) is 8.32. The van der Waals surface area contributed by atoms with Gasteiger partial charge in [0.25, 0.3) is 11.7 Å². The van der Waals surface area contributed by atoms with Crippen molar-refractivity contribution in [3.63, 3.8) is 0 Å². The second-order valence-electron chi connectivity index (χ2n) is 7.10. The Morgan fingerprint density at radius 1 is 1.10 bits per heavy atom. The molecule has 1 fully saturated rings. The number of hydrogen-bond donors (Lipinski definition) is 1. The predicted octanol–water partition coefficient (Wildman–Crippen LogP) is 5.06. The van der Waals surface area contributed by atoms with E-state index in [-0.39, 0.29) is 22.0 Å². The molecule has 0 radical (unpaired) electrons. The van der Waals surface area contributed by atoms with Gasteiger partial charge in [0, 0.05) is 23.6 Å². The van der Waals surface area contributed by atoms with Gasteiger partial charge in [0.1, 0.15) is 11.6 Å². The maximum absolute atomic E-state index is 13.7. The van der Waals surface area contributed by atoms with Gasteiger partial charge in [-0.05, 0) is 47.9 Å². The Bertz CT molecular complexity index is 1190. The normalized spacial score (nSPS) is 17.9. The van der Waals surface area contributed by atoms with Gasteiger partial charge in [-0.2, -0.15) is 0 Å². The quantitative estimate of drug-likeness (QED) is 0.352. The van der Waals surface area contributed by atoms with Crippen molar-refractivity contribution in [2.45, 2.75) is 19.4 Å². The Kier molecular flexibility index (Phi) is 5.57. The van der Waals surface area contributed by atoms with Crippen LogP contribution in [0.5, 0.6) is 0 Å². The molecule has 0 saturated carbocycles. The van der Waals surface area contributed by atoms with Gasteiger partial charge in [0.2, 0.25) is 0 Å². The van der Waals surface area contributed by atoms with Crippen molar-refractivity contribution >= 4 is 34.7 Å². The number of aliphatic hydroxyl groups is 1. The fraction of sp³-hybridized carbons (Fsp3) is 0.125. The minimum Gasteiger partial charge on any atom is -0.507 e. The number of aliphatic hydroxyl groups excluding tert-OH is 1. The molecule has 1 saturated heterocycles. The lowest BCUT2D eigenvalue weighted by molar-refractivity contribution is -0.132. The molecule has 0 aliphatic carbocycles. The van der Waals surface area contributed by atoms with Crippen molar-refractivity contribution in [3.05, 3.63) is 100 Å². The zero-order chi connectivity index (χ0) is 22.1. The van der Waals surface area contributed by atoms with Gasteiger partial charge in [-0.15, -0.1) is 0 Å². The number of aromatic nitrogens is 1. The molecule has 1 N–H and O–H groups in total. The van der Waals surface area contributed by atoms with E-state index in [0.717, 1.165) is 18.1 Å². The summed E-state index contributed by atoms with van der Waals surface area (Å²) in [5, 5.41) is 10.9. The molecule has 31 heavy (non-hydrogen) atoms. The molecule has 0 bridgehead atoms. The zero-order valence-corrected chi connectivity index (χ0v) is 17.3. The molecule has 1 aromatic heterocycles. The van der Waals surface area contributed by atoms with E-state index in [4.69, 9.17) is 11.6 Å². The van der Waals surface area contributed by atoms with Crippen molar-refractivity contribution < 1.29 is 19.1 Å². The highest BCUT2D eigenvalue weighted by atomic mass is 35.5. The van der Waals surface area contributed by atoms with Crippen LogP contribution in [0.3, 0.4) is 0 Å². The molecule has 2 heterocycles. The number of pyridine rings is 1. The van der Waals surface area contributed by atoms with Crippen molar-refractivity contribution in [1.29, 1.82) is 0 Å². The van der Waals surface area contributed by atoms with Gasteiger partial charge < -0.3 is 5.11 Å². The van der Waals surface area contributed by atoms with Crippen molar-refractivity contribution in [2.24, 2.45) is 0 Å². The number of ketones is 1. The average Bonchev–Trinajstić information content (AvgIpc) is 3.06. The van der Waals surface area contributed by atoms with E-state index in [1.54, 1.807) is 24.3 Å². The van der Waals surface area contributed by atoms with Crippen LogP contribution in [0.25, 0.3) is 5.76 Å². The number of halogens is 2. The first-order valence-corrected chi connectivity index (χ1v) is 10.1.